The van der Waals surface area contributed by atoms with Crippen LogP contribution in [0.25, 0.3) is 9.88 Å². The molecular formula is C16H16N4OS2. The van der Waals surface area contributed by atoms with E-state index in [1.165, 1.54) is 11.3 Å². The van der Waals surface area contributed by atoms with E-state index in [0.29, 0.717) is 6.04 Å². The van der Waals surface area contributed by atoms with Crippen LogP contribution in [0.1, 0.15) is 28.6 Å². The standard InChI is InChI=1S/C16H16N4OS2/c21-16(14-9-18-15(23-14)13-4-2-8-22-13)19-6-1-3-12(10-19)20-7-5-17-11-20/h2,4-5,7-9,11-12H,1,3,6,10H2/t12-/m0/s1. The maximum atomic E-state index is 12.8. The average molecular weight is 344 g/mol. The quantitative estimate of drug-likeness (QED) is 0.730. The van der Waals surface area contributed by atoms with Gasteiger partial charge in [-0.1, -0.05) is 6.07 Å². The van der Waals surface area contributed by atoms with Crippen LogP contribution < -0.4 is 0 Å². The molecule has 4 rings (SSSR count). The van der Waals surface area contributed by atoms with Gasteiger partial charge in [-0.15, -0.1) is 22.7 Å². The summed E-state index contributed by atoms with van der Waals surface area (Å²) in [6.07, 6.45) is 9.41. The molecule has 1 fully saturated rings. The number of amides is 1. The lowest BCUT2D eigenvalue weighted by molar-refractivity contribution is 0.0684. The summed E-state index contributed by atoms with van der Waals surface area (Å²) >= 11 is 3.13. The number of nitrogens with zero attached hydrogens (tertiary/aromatic N) is 4. The molecule has 0 bridgehead atoms. The zero-order valence-corrected chi connectivity index (χ0v) is 14.1. The van der Waals surface area contributed by atoms with E-state index in [0.717, 1.165) is 40.7 Å². The molecular weight excluding hydrogens is 328 g/mol. The Balaban J connectivity index is 1.50. The molecule has 4 heterocycles. The monoisotopic (exact) mass is 344 g/mol. The Hall–Kier alpha value is -1.99. The van der Waals surface area contributed by atoms with Crippen molar-refractivity contribution in [2.45, 2.75) is 18.9 Å². The second-order valence-electron chi connectivity index (χ2n) is 5.56. The summed E-state index contributed by atoms with van der Waals surface area (Å²) in [6, 6.07) is 4.36. The fraction of sp³-hybridized carbons (Fsp3) is 0.312. The molecule has 1 amide bonds. The number of thiophene rings is 1. The van der Waals surface area contributed by atoms with E-state index in [1.807, 2.05) is 34.9 Å². The van der Waals surface area contributed by atoms with Crippen molar-refractivity contribution in [2.75, 3.05) is 13.1 Å². The summed E-state index contributed by atoms with van der Waals surface area (Å²) in [5, 5.41) is 2.95. The van der Waals surface area contributed by atoms with Crippen molar-refractivity contribution in [2.24, 2.45) is 0 Å². The van der Waals surface area contributed by atoms with Crippen molar-refractivity contribution < 1.29 is 4.79 Å². The molecule has 7 heteroatoms. The first-order chi connectivity index (χ1) is 11.3. The molecule has 1 aliphatic rings. The molecule has 1 aliphatic heterocycles. The van der Waals surface area contributed by atoms with E-state index in [2.05, 4.69) is 14.5 Å². The Morgan fingerprint density at radius 2 is 2.35 bits per heavy atom. The van der Waals surface area contributed by atoms with Gasteiger partial charge in [0.25, 0.3) is 5.91 Å². The van der Waals surface area contributed by atoms with Gasteiger partial charge < -0.3 is 9.47 Å². The van der Waals surface area contributed by atoms with Crippen molar-refractivity contribution in [1.82, 2.24) is 19.4 Å². The second-order valence-corrected chi connectivity index (χ2v) is 7.54. The lowest BCUT2D eigenvalue weighted by atomic mass is 10.1. The minimum absolute atomic E-state index is 0.0927. The molecule has 118 valence electrons. The molecule has 3 aromatic rings. The summed E-state index contributed by atoms with van der Waals surface area (Å²) in [4.78, 5) is 25.1. The summed E-state index contributed by atoms with van der Waals surface area (Å²) in [5.41, 5.74) is 0. The third-order valence-electron chi connectivity index (χ3n) is 4.08. The Morgan fingerprint density at radius 1 is 1.39 bits per heavy atom. The molecule has 1 saturated heterocycles. The van der Waals surface area contributed by atoms with E-state index in [1.54, 1.807) is 23.7 Å². The minimum Gasteiger partial charge on any atom is -0.336 e. The highest BCUT2D eigenvalue weighted by Gasteiger charge is 2.26. The summed E-state index contributed by atoms with van der Waals surface area (Å²) in [5.74, 6) is 0.0927. The first kappa shape index (κ1) is 14.6. The number of thiazole rings is 1. The van der Waals surface area contributed by atoms with Gasteiger partial charge in [0.05, 0.1) is 23.4 Å². The van der Waals surface area contributed by atoms with Gasteiger partial charge in [0, 0.05) is 25.5 Å². The average Bonchev–Trinajstić information content (AvgIpc) is 3.36. The second kappa shape index (κ2) is 6.25. The Morgan fingerprint density at radius 3 is 3.13 bits per heavy atom. The van der Waals surface area contributed by atoms with E-state index >= 15 is 0 Å². The molecule has 5 nitrogen and oxygen atoms in total. The highest BCUT2D eigenvalue weighted by molar-refractivity contribution is 7.21. The van der Waals surface area contributed by atoms with E-state index in [4.69, 9.17) is 0 Å². The number of hydrogen-bond donors (Lipinski definition) is 0. The van der Waals surface area contributed by atoms with E-state index < -0.39 is 0 Å². The molecule has 0 saturated carbocycles. The maximum Gasteiger partial charge on any atom is 0.265 e. The first-order valence-electron chi connectivity index (χ1n) is 7.57. The number of carbonyl (C=O) groups excluding carboxylic acids is 1. The third kappa shape index (κ3) is 2.94. The summed E-state index contributed by atoms with van der Waals surface area (Å²) < 4.78 is 2.10. The molecule has 0 aliphatic carbocycles. The molecule has 0 spiro atoms. The van der Waals surface area contributed by atoms with Crippen LogP contribution in [0, 0.1) is 0 Å². The van der Waals surface area contributed by atoms with Gasteiger partial charge in [0.15, 0.2) is 0 Å². The fourth-order valence-corrected chi connectivity index (χ4v) is 4.60. The van der Waals surface area contributed by atoms with Gasteiger partial charge in [0.1, 0.15) is 9.88 Å². The summed E-state index contributed by atoms with van der Waals surface area (Å²) in [7, 11) is 0. The molecule has 0 radical (unpaired) electrons. The molecule has 23 heavy (non-hydrogen) atoms. The van der Waals surface area contributed by atoms with Crippen molar-refractivity contribution in [1.29, 1.82) is 0 Å². The molecule has 0 N–H and O–H groups in total. The van der Waals surface area contributed by atoms with Crippen molar-refractivity contribution in [3.63, 3.8) is 0 Å². The SMILES string of the molecule is O=C(c1cnc(-c2cccs2)s1)N1CCC[C@H](n2ccnc2)C1. The fourth-order valence-electron chi connectivity index (χ4n) is 2.91. The number of rotatable bonds is 3. The van der Waals surface area contributed by atoms with Crippen LogP contribution in [0.3, 0.4) is 0 Å². The first-order valence-corrected chi connectivity index (χ1v) is 9.27. The highest BCUT2D eigenvalue weighted by atomic mass is 32.1. The molecule has 3 aromatic heterocycles. The Labute approximate surface area is 142 Å². The van der Waals surface area contributed by atoms with Crippen molar-refractivity contribution >= 4 is 28.6 Å². The van der Waals surface area contributed by atoms with Gasteiger partial charge >= 0.3 is 0 Å². The lowest BCUT2D eigenvalue weighted by Gasteiger charge is -2.33. The number of hydrogen-bond acceptors (Lipinski definition) is 5. The molecule has 0 aromatic carbocycles. The van der Waals surface area contributed by atoms with Crippen LogP contribution >= 0.6 is 22.7 Å². The van der Waals surface area contributed by atoms with Crippen LogP contribution in [0.15, 0.2) is 42.4 Å². The highest BCUT2D eigenvalue weighted by Crippen LogP contribution is 2.30. The van der Waals surface area contributed by atoms with Crippen LogP contribution in [0.4, 0.5) is 0 Å². The minimum atomic E-state index is 0.0927. The zero-order chi connectivity index (χ0) is 15.6. The summed E-state index contributed by atoms with van der Waals surface area (Å²) in [6.45, 7) is 1.55. The molecule has 1 atom stereocenters. The van der Waals surface area contributed by atoms with Gasteiger partial charge in [-0.25, -0.2) is 9.97 Å². The van der Waals surface area contributed by atoms with Crippen LogP contribution in [0.2, 0.25) is 0 Å². The Bertz CT molecular complexity index is 779. The lowest BCUT2D eigenvalue weighted by Crippen LogP contribution is -2.40. The van der Waals surface area contributed by atoms with Crippen LogP contribution in [-0.4, -0.2) is 38.4 Å². The van der Waals surface area contributed by atoms with Gasteiger partial charge in [-0.2, -0.15) is 0 Å². The largest absolute Gasteiger partial charge is 0.336 e. The number of carbonyl (C=O) groups is 1. The van der Waals surface area contributed by atoms with Crippen molar-refractivity contribution in [3.8, 4) is 9.88 Å². The topological polar surface area (TPSA) is 51.0 Å². The van der Waals surface area contributed by atoms with E-state index in [9.17, 15) is 4.79 Å². The van der Waals surface area contributed by atoms with E-state index in [-0.39, 0.29) is 5.91 Å². The van der Waals surface area contributed by atoms with Crippen LogP contribution in [-0.2, 0) is 0 Å². The maximum absolute atomic E-state index is 12.8. The third-order valence-corrected chi connectivity index (χ3v) is 6.10. The van der Waals surface area contributed by atoms with Gasteiger partial charge in [-0.3, -0.25) is 4.79 Å². The number of aromatic nitrogens is 3. The number of piperidine rings is 1. The normalized spacial score (nSPS) is 18.3. The predicted molar refractivity (Wildman–Crippen MR) is 91.8 cm³/mol. The zero-order valence-electron chi connectivity index (χ0n) is 12.5. The smallest absolute Gasteiger partial charge is 0.265 e. The van der Waals surface area contributed by atoms with Crippen LogP contribution in [0.5, 0.6) is 0 Å². The predicted octanol–water partition coefficient (Wildman–Crippen LogP) is 3.55. The molecule has 0 unspecified atom stereocenters. The van der Waals surface area contributed by atoms with Gasteiger partial charge in [0.2, 0.25) is 0 Å². The van der Waals surface area contributed by atoms with Crippen molar-refractivity contribution in [3.05, 3.63) is 47.3 Å². The number of imidazole rings is 1. The Kier molecular flexibility index (Phi) is 3.97. The number of likely N-dealkylation sites (tertiary alicyclic amines) is 1. The van der Waals surface area contributed by atoms with Gasteiger partial charge in [-0.05, 0) is 24.3 Å².